The first-order valence-corrected chi connectivity index (χ1v) is 5.54. The number of hydrogen-bond donors (Lipinski definition) is 2. The number of rotatable bonds is 5. The van der Waals surface area contributed by atoms with Crippen LogP contribution in [0.25, 0.3) is 0 Å². The van der Waals surface area contributed by atoms with Crippen LogP contribution in [-0.4, -0.2) is 45.5 Å². The van der Waals surface area contributed by atoms with Gasteiger partial charge in [-0.2, -0.15) is 0 Å². The number of nitrogens with one attached hydrogen (secondary N) is 1. The summed E-state index contributed by atoms with van der Waals surface area (Å²) in [5.74, 6) is 0.0509. The maximum Gasteiger partial charge on any atom is 0.169 e. The third-order valence-electron chi connectivity index (χ3n) is 2.21. The molecule has 0 spiro atoms. The monoisotopic (exact) mass is 255 g/mol. The van der Waals surface area contributed by atoms with Crippen LogP contribution in [0, 0.1) is 6.92 Å². The first-order chi connectivity index (χ1) is 8.58. The zero-order valence-corrected chi connectivity index (χ0v) is 11.3. The van der Waals surface area contributed by atoms with Gasteiger partial charge in [-0.25, -0.2) is 0 Å². The van der Waals surface area contributed by atoms with Gasteiger partial charge in [-0.05, 0) is 31.7 Å². The largest absolute Gasteiger partial charge is 0.507 e. The lowest BCUT2D eigenvalue weighted by Gasteiger charge is -2.11. The molecule has 1 rings (SSSR count). The van der Waals surface area contributed by atoms with Crippen molar-refractivity contribution in [3.05, 3.63) is 29.3 Å². The van der Waals surface area contributed by atoms with Crippen molar-refractivity contribution in [3.63, 3.8) is 0 Å². The van der Waals surface area contributed by atoms with Crippen molar-refractivity contribution in [2.75, 3.05) is 27.8 Å². The van der Waals surface area contributed by atoms with Gasteiger partial charge in [-0.3, -0.25) is 4.79 Å². The van der Waals surface area contributed by atoms with Crippen molar-refractivity contribution < 1.29 is 19.4 Å². The van der Waals surface area contributed by atoms with Crippen molar-refractivity contribution in [2.45, 2.75) is 13.2 Å². The van der Waals surface area contributed by atoms with Crippen LogP contribution in [0.15, 0.2) is 18.2 Å². The highest BCUT2D eigenvalue weighted by Gasteiger charge is 1.99. The van der Waals surface area contributed by atoms with Crippen molar-refractivity contribution >= 4 is 6.29 Å². The third-order valence-corrected chi connectivity index (χ3v) is 2.21. The van der Waals surface area contributed by atoms with E-state index in [1.807, 2.05) is 14.0 Å². The number of phenols is 1. The number of benzene rings is 1. The predicted molar refractivity (Wildman–Crippen MR) is 70.0 cm³/mol. The molecule has 18 heavy (non-hydrogen) atoms. The number of aryl methyl sites for hydroxylation is 1. The van der Waals surface area contributed by atoms with E-state index in [9.17, 15) is 4.79 Å². The van der Waals surface area contributed by atoms with Gasteiger partial charge in [0, 0.05) is 20.8 Å². The molecular weight excluding hydrogens is 234 g/mol. The van der Waals surface area contributed by atoms with Crippen molar-refractivity contribution in [1.82, 2.24) is 5.32 Å². The summed E-state index contributed by atoms with van der Waals surface area (Å²) in [7, 11) is 5.09. The van der Waals surface area contributed by atoms with Crippen LogP contribution < -0.4 is 5.32 Å². The lowest BCUT2D eigenvalue weighted by molar-refractivity contribution is -0.0978. The molecule has 0 radical (unpaired) electrons. The Bertz CT molecular complexity index is 351. The van der Waals surface area contributed by atoms with Gasteiger partial charge in [-0.15, -0.1) is 0 Å². The van der Waals surface area contributed by atoms with E-state index in [0.29, 0.717) is 11.8 Å². The lowest BCUT2D eigenvalue weighted by Crippen LogP contribution is -2.26. The first kappa shape index (κ1) is 16.6. The molecule has 1 aromatic rings. The summed E-state index contributed by atoms with van der Waals surface area (Å²) in [6, 6.07) is 4.94. The van der Waals surface area contributed by atoms with E-state index in [1.165, 1.54) is 0 Å². The molecule has 0 unspecified atom stereocenters. The smallest absolute Gasteiger partial charge is 0.169 e. The van der Waals surface area contributed by atoms with Crippen LogP contribution >= 0.6 is 0 Å². The van der Waals surface area contributed by atoms with Gasteiger partial charge in [-0.1, -0.05) is 6.07 Å². The average molecular weight is 255 g/mol. The Morgan fingerprint density at radius 3 is 2.33 bits per heavy atom. The Morgan fingerprint density at radius 2 is 2.00 bits per heavy atom. The van der Waals surface area contributed by atoms with E-state index in [0.717, 1.165) is 12.1 Å². The minimum Gasteiger partial charge on any atom is -0.507 e. The van der Waals surface area contributed by atoms with Crippen LogP contribution in [0.3, 0.4) is 0 Å². The molecule has 0 aromatic heterocycles. The topological polar surface area (TPSA) is 67.8 Å². The van der Waals surface area contributed by atoms with Gasteiger partial charge in [0.2, 0.25) is 0 Å². The zero-order valence-electron chi connectivity index (χ0n) is 11.3. The molecule has 0 aliphatic heterocycles. The summed E-state index contributed by atoms with van der Waals surface area (Å²) in [6.07, 6.45) is 0.523. The molecule has 0 saturated heterocycles. The Hall–Kier alpha value is -1.43. The van der Waals surface area contributed by atoms with Crippen LogP contribution in [-0.2, 0) is 9.47 Å². The first-order valence-electron chi connectivity index (χ1n) is 5.54. The molecule has 0 fully saturated rings. The molecule has 0 heterocycles. The Morgan fingerprint density at radius 1 is 1.39 bits per heavy atom. The van der Waals surface area contributed by atoms with E-state index in [2.05, 4.69) is 5.32 Å². The number of carbonyl (C=O) groups excluding carboxylic acids is 1. The number of likely N-dealkylation sites (N-methyl/N-ethyl adjacent to an activating group) is 1. The molecule has 5 nitrogen and oxygen atoms in total. The highest BCUT2D eigenvalue weighted by molar-refractivity contribution is 5.79. The SMILES string of the molecule is CNCC(OC)OC.Cc1ccc(C=O)c(O)c1. The summed E-state index contributed by atoms with van der Waals surface area (Å²) in [6.45, 7) is 2.58. The predicted octanol–water partition coefficient (Wildman–Crippen LogP) is 1.34. The summed E-state index contributed by atoms with van der Waals surface area (Å²) < 4.78 is 9.71. The number of carbonyl (C=O) groups is 1. The van der Waals surface area contributed by atoms with Gasteiger partial charge >= 0.3 is 0 Å². The molecule has 2 N–H and O–H groups in total. The van der Waals surface area contributed by atoms with E-state index in [-0.39, 0.29) is 12.0 Å². The lowest BCUT2D eigenvalue weighted by atomic mass is 10.1. The third kappa shape index (κ3) is 6.34. The van der Waals surface area contributed by atoms with Crippen LogP contribution in [0.1, 0.15) is 15.9 Å². The van der Waals surface area contributed by atoms with Crippen molar-refractivity contribution in [3.8, 4) is 5.75 Å². The molecule has 0 saturated carbocycles. The number of methoxy groups -OCH3 is 2. The number of hydrogen-bond acceptors (Lipinski definition) is 5. The molecular formula is C13H21NO4. The van der Waals surface area contributed by atoms with Gasteiger partial charge < -0.3 is 19.9 Å². The van der Waals surface area contributed by atoms with E-state index in [4.69, 9.17) is 14.6 Å². The molecule has 0 atom stereocenters. The second kappa shape index (κ2) is 9.58. The number of phenolic OH excluding ortho intramolecular Hbond substituents is 1. The fourth-order valence-electron chi connectivity index (χ4n) is 1.18. The van der Waals surface area contributed by atoms with E-state index >= 15 is 0 Å². The maximum absolute atomic E-state index is 10.2. The molecule has 1 aromatic carbocycles. The van der Waals surface area contributed by atoms with Crippen LogP contribution in [0.2, 0.25) is 0 Å². The quantitative estimate of drug-likeness (QED) is 0.614. The van der Waals surface area contributed by atoms with E-state index < -0.39 is 0 Å². The Kier molecular flexibility index (Phi) is 8.82. The standard InChI is InChI=1S/C8H8O2.C5H13NO2/c1-6-2-3-7(5-9)8(10)4-6;1-6-4-5(7-2)8-3/h2-5,10H,1H3;5-6H,4H2,1-3H3. The fraction of sp³-hybridized carbons (Fsp3) is 0.462. The van der Waals surface area contributed by atoms with Gasteiger partial charge in [0.15, 0.2) is 12.6 Å². The number of ether oxygens (including phenoxy) is 2. The summed E-state index contributed by atoms with van der Waals surface area (Å²) >= 11 is 0. The molecule has 0 bridgehead atoms. The fourth-order valence-corrected chi connectivity index (χ4v) is 1.18. The Labute approximate surface area is 108 Å². The van der Waals surface area contributed by atoms with Gasteiger partial charge in [0.25, 0.3) is 0 Å². The van der Waals surface area contributed by atoms with Crippen molar-refractivity contribution in [1.29, 1.82) is 0 Å². The molecule has 0 aliphatic rings. The van der Waals surface area contributed by atoms with Crippen LogP contribution in [0.5, 0.6) is 5.75 Å². The molecule has 0 amide bonds. The molecule has 5 heteroatoms. The maximum atomic E-state index is 10.2. The summed E-state index contributed by atoms with van der Waals surface area (Å²) in [5, 5.41) is 12.0. The van der Waals surface area contributed by atoms with Crippen LogP contribution in [0.4, 0.5) is 0 Å². The van der Waals surface area contributed by atoms with Gasteiger partial charge in [0.05, 0.1) is 5.56 Å². The second-order valence-corrected chi connectivity index (χ2v) is 3.64. The van der Waals surface area contributed by atoms with Crippen molar-refractivity contribution in [2.24, 2.45) is 0 Å². The number of aldehydes is 1. The second-order valence-electron chi connectivity index (χ2n) is 3.64. The highest BCUT2D eigenvalue weighted by Crippen LogP contribution is 2.15. The summed E-state index contributed by atoms with van der Waals surface area (Å²) in [4.78, 5) is 10.2. The summed E-state index contributed by atoms with van der Waals surface area (Å²) in [5.41, 5.74) is 1.29. The Balaban J connectivity index is 0.000000331. The minimum absolute atomic E-state index is 0.0509. The molecule has 0 aliphatic carbocycles. The average Bonchev–Trinajstić information content (AvgIpc) is 2.37. The molecule has 102 valence electrons. The highest BCUT2D eigenvalue weighted by atomic mass is 16.7. The zero-order chi connectivity index (χ0) is 14.0. The normalized spacial score (nSPS) is 9.83. The van der Waals surface area contributed by atoms with Gasteiger partial charge in [0.1, 0.15) is 5.75 Å². The minimum atomic E-state index is -0.111. The van der Waals surface area contributed by atoms with E-state index in [1.54, 1.807) is 32.4 Å². The number of aromatic hydroxyl groups is 1.